The molecule has 1 aromatic heterocycles. The molecule has 1 amide bonds. The topological polar surface area (TPSA) is 55.1 Å². The van der Waals surface area contributed by atoms with Crippen molar-refractivity contribution in [2.45, 2.75) is 6.92 Å². The summed E-state index contributed by atoms with van der Waals surface area (Å²) in [5.41, 5.74) is 0.451. The van der Waals surface area contributed by atoms with Crippen molar-refractivity contribution in [1.29, 1.82) is 0 Å². The van der Waals surface area contributed by atoms with Gasteiger partial charge >= 0.3 is 0 Å². The lowest BCUT2D eigenvalue weighted by Crippen LogP contribution is -2.24. The van der Waals surface area contributed by atoms with Gasteiger partial charge in [-0.05, 0) is 12.3 Å². The molecule has 64 valence electrons. The maximum Gasteiger partial charge on any atom is 0.256 e. The van der Waals surface area contributed by atoms with Gasteiger partial charge in [-0.15, -0.1) is 0 Å². The number of nitrogens with zero attached hydrogens (tertiary/aromatic N) is 1. The minimum atomic E-state index is -0.213. The van der Waals surface area contributed by atoms with Gasteiger partial charge in [-0.1, -0.05) is 17.4 Å². The zero-order valence-corrected chi connectivity index (χ0v) is 7.35. The van der Waals surface area contributed by atoms with Crippen LogP contribution in [0, 0.1) is 6.92 Å². The number of thiocarbonyl (C=S) groups is 1. The lowest BCUT2D eigenvalue weighted by atomic mass is 10.2. The summed E-state index contributed by atoms with van der Waals surface area (Å²) in [5.74, 6) is 0.298. The average molecular weight is 184 g/mol. The van der Waals surface area contributed by atoms with E-state index in [9.17, 15) is 4.79 Å². The molecule has 0 aliphatic heterocycles. The van der Waals surface area contributed by atoms with E-state index < -0.39 is 0 Å². The van der Waals surface area contributed by atoms with E-state index in [1.54, 1.807) is 6.92 Å². The van der Waals surface area contributed by atoms with E-state index in [1.807, 2.05) is 0 Å². The molecule has 0 saturated heterocycles. The summed E-state index contributed by atoms with van der Waals surface area (Å²) in [7, 11) is 0. The standard InChI is InChI=1S/C7H8N2O2S/c1-5-6(4-9-11-5)7(10)8-2-3-12/h3-4H,2H2,1H3,(H,8,10). The summed E-state index contributed by atoms with van der Waals surface area (Å²) >= 11 is 4.55. The van der Waals surface area contributed by atoms with Crippen LogP contribution in [0.5, 0.6) is 0 Å². The number of nitrogens with one attached hydrogen (secondary N) is 1. The van der Waals surface area contributed by atoms with E-state index in [1.165, 1.54) is 11.6 Å². The summed E-state index contributed by atoms with van der Waals surface area (Å²) in [6, 6.07) is 0. The van der Waals surface area contributed by atoms with E-state index in [2.05, 4.69) is 22.7 Å². The molecular weight excluding hydrogens is 176 g/mol. The van der Waals surface area contributed by atoms with Crippen molar-refractivity contribution < 1.29 is 9.32 Å². The van der Waals surface area contributed by atoms with Crippen molar-refractivity contribution in [2.24, 2.45) is 0 Å². The minimum Gasteiger partial charge on any atom is -0.361 e. The van der Waals surface area contributed by atoms with Crippen LogP contribution in [0.15, 0.2) is 10.7 Å². The Bertz CT molecular complexity index is 295. The molecule has 1 N–H and O–H groups in total. The number of carbonyl (C=O) groups excluding carboxylic acids is 1. The molecule has 5 heteroatoms. The molecule has 0 spiro atoms. The second kappa shape index (κ2) is 3.96. The Morgan fingerprint density at radius 3 is 3.17 bits per heavy atom. The molecule has 0 unspecified atom stereocenters. The largest absolute Gasteiger partial charge is 0.361 e. The van der Waals surface area contributed by atoms with Crippen LogP contribution in [0.25, 0.3) is 0 Å². The third-order valence-electron chi connectivity index (χ3n) is 1.34. The molecule has 0 atom stereocenters. The molecule has 1 rings (SSSR count). The van der Waals surface area contributed by atoms with E-state index >= 15 is 0 Å². The monoisotopic (exact) mass is 184 g/mol. The summed E-state index contributed by atoms with van der Waals surface area (Å²) in [6.07, 6.45) is 1.38. The van der Waals surface area contributed by atoms with E-state index in [-0.39, 0.29) is 5.91 Å². The zero-order valence-electron chi connectivity index (χ0n) is 6.53. The average Bonchev–Trinajstić information content (AvgIpc) is 2.47. The molecule has 0 saturated carbocycles. The number of aryl methyl sites for hydroxylation is 1. The fourth-order valence-electron chi connectivity index (χ4n) is 0.746. The molecule has 0 fully saturated rings. The minimum absolute atomic E-state index is 0.213. The van der Waals surface area contributed by atoms with Gasteiger partial charge in [-0.2, -0.15) is 0 Å². The Hall–Kier alpha value is -1.23. The number of aromatic nitrogens is 1. The first-order chi connectivity index (χ1) is 5.75. The highest BCUT2D eigenvalue weighted by Gasteiger charge is 2.10. The highest BCUT2D eigenvalue weighted by Crippen LogP contribution is 2.04. The van der Waals surface area contributed by atoms with E-state index in [0.717, 1.165) is 0 Å². The van der Waals surface area contributed by atoms with Crippen LogP contribution < -0.4 is 5.32 Å². The second-order valence-electron chi connectivity index (χ2n) is 2.17. The van der Waals surface area contributed by atoms with Crippen molar-refractivity contribution in [3.05, 3.63) is 17.5 Å². The first-order valence-corrected chi connectivity index (χ1v) is 3.86. The number of hydrogen-bond acceptors (Lipinski definition) is 4. The molecule has 4 nitrogen and oxygen atoms in total. The van der Waals surface area contributed by atoms with Gasteiger partial charge in [0, 0.05) is 6.54 Å². The van der Waals surface area contributed by atoms with Crippen LogP contribution >= 0.6 is 12.2 Å². The number of rotatable bonds is 3. The van der Waals surface area contributed by atoms with Gasteiger partial charge in [0.15, 0.2) is 0 Å². The molecule has 0 bridgehead atoms. The van der Waals surface area contributed by atoms with Crippen molar-refractivity contribution in [3.63, 3.8) is 0 Å². The van der Waals surface area contributed by atoms with Gasteiger partial charge in [0.2, 0.25) is 0 Å². The molecule has 1 heterocycles. The summed E-state index contributed by atoms with van der Waals surface area (Å²) in [6.45, 7) is 2.05. The first-order valence-electron chi connectivity index (χ1n) is 3.39. The highest BCUT2D eigenvalue weighted by molar-refractivity contribution is 7.79. The summed E-state index contributed by atoms with van der Waals surface area (Å²) < 4.78 is 4.72. The summed E-state index contributed by atoms with van der Waals surface area (Å²) in [5, 5.41) is 7.50. The Kier molecular flexibility index (Phi) is 2.93. The molecule has 0 aliphatic carbocycles. The molecular formula is C7H8N2O2S. The highest BCUT2D eigenvalue weighted by atomic mass is 32.1. The van der Waals surface area contributed by atoms with Gasteiger partial charge in [0.05, 0.1) is 6.20 Å². The lowest BCUT2D eigenvalue weighted by molar-refractivity contribution is 0.0958. The van der Waals surface area contributed by atoms with Crippen LogP contribution in [-0.4, -0.2) is 23.0 Å². The third kappa shape index (κ3) is 1.88. The fraction of sp³-hybridized carbons (Fsp3) is 0.286. The smallest absolute Gasteiger partial charge is 0.256 e. The van der Waals surface area contributed by atoms with Crippen molar-refractivity contribution in [2.75, 3.05) is 6.54 Å². The Morgan fingerprint density at radius 2 is 2.67 bits per heavy atom. The lowest BCUT2D eigenvalue weighted by Gasteiger charge is -1.97. The fourth-order valence-corrected chi connectivity index (χ4v) is 0.830. The molecule has 12 heavy (non-hydrogen) atoms. The van der Waals surface area contributed by atoms with Crippen molar-refractivity contribution in [3.8, 4) is 0 Å². The van der Waals surface area contributed by atoms with E-state index in [0.29, 0.717) is 17.9 Å². The Balaban J connectivity index is 2.65. The quantitative estimate of drug-likeness (QED) is 0.703. The van der Waals surface area contributed by atoms with Crippen LogP contribution in [-0.2, 0) is 0 Å². The first kappa shape index (κ1) is 8.86. The van der Waals surface area contributed by atoms with E-state index in [4.69, 9.17) is 4.52 Å². The third-order valence-corrected chi connectivity index (χ3v) is 1.51. The van der Waals surface area contributed by atoms with Crippen molar-refractivity contribution >= 4 is 23.5 Å². The van der Waals surface area contributed by atoms with Crippen molar-refractivity contribution in [1.82, 2.24) is 10.5 Å². The van der Waals surface area contributed by atoms with Crippen LogP contribution in [0.3, 0.4) is 0 Å². The second-order valence-corrected chi connectivity index (χ2v) is 2.51. The molecule has 0 aliphatic rings. The van der Waals surface area contributed by atoms with Gasteiger partial charge in [0.25, 0.3) is 5.91 Å². The SMILES string of the molecule is Cc1oncc1C(=O)NCC=S. The molecule has 1 aromatic rings. The van der Waals surface area contributed by atoms with Crippen LogP contribution in [0.2, 0.25) is 0 Å². The molecule has 0 radical (unpaired) electrons. The maximum atomic E-state index is 11.2. The van der Waals surface area contributed by atoms with Gasteiger partial charge < -0.3 is 9.84 Å². The normalized spacial score (nSPS) is 9.42. The van der Waals surface area contributed by atoms with Gasteiger partial charge in [-0.3, -0.25) is 4.79 Å². The number of carbonyl (C=O) groups is 1. The van der Waals surface area contributed by atoms with Crippen LogP contribution in [0.4, 0.5) is 0 Å². The maximum absolute atomic E-state index is 11.2. The Labute approximate surface area is 74.9 Å². The molecule has 0 aromatic carbocycles. The summed E-state index contributed by atoms with van der Waals surface area (Å²) in [4.78, 5) is 11.2. The predicted molar refractivity (Wildman–Crippen MR) is 47.2 cm³/mol. The number of amides is 1. The predicted octanol–water partition coefficient (Wildman–Crippen LogP) is 0.713. The number of hydrogen-bond donors (Lipinski definition) is 1. The Morgan fingerprint density at radius 1 is 1.92 bits per heavy atom. The zero-order chi connectivity index (χ0) is 8.97. The van der Waals surface area contributed by atoms with Gasteiger partial charge in [0.1, 0.15) is 11.3 Å². The van der Waals surface area contributed by atoms with Crippen LogP contribution in [0.1, 0.15) is 16.1 Å². The van der Waals surface area contributed by atoms with Gasteiger partial charge in [-0.25, -0.2) is 0 Å².